The number of carboxylic acids is 1. The fraction of sp³-hybridized carbons (Fsp3) is 0.500. The van der Waals surface area contributed by atoms with Crippen molar-refractivity contribution in [3.63, 3.8) is 0 Å². The molecule has 1 aliphatic rings. The molecule has 0 atom stereocenters. The van der Waals surface area contributed by atoms with E-state index in [1.165, 1.54) is 12.3 Å². The molecule has 2 rings (SSSR count). The summed E-state index contributed by atoms with van der Waals surface area (Å²) >= 11 is 0. The number of carbonyl (C=O) groups is 1. The molecule has 0 amide bonds. The van der Waals surface area contributed by atoms with Crippen LogP contribution >= 0.6 is 0 Å². The number of hydrogen-bond acceptors (Lipinski definition) is 3. The molecule has 0 aromatic carbocycles. The standard InChI is InChI=1S/C12H15FN2O2/c1-2-7-15(8-3-4-8)11-10(13)9(12(16)17)5-6-14-11/h5-6,8H,2-4,7H2,1H3,(H,16,17). The van der Waals surface area contributed by atoms with Crippen LogP contribution in [0.15, 0.2) is 12.3 Å². The maximum Gasteiger partial charge on any atom is 0.338 e. The van der Waals surface area contributed by atoms with E-state index >= 15 is 0 Å². The van der Waals surface area contributed by atoms with Gasteiger partial charge in [0.1, 0.15) is 5.56 Å². The van der Waals surface area contributed by atoms with E-state index in [9.17, 15) is 9.18 Å². The van der Waals surface area contributed by atoms with Crippen molar-refractivity contribution in [1.29, 1.82) is 0 Å². The van der Waals surface area contributed by atoms with Gasteiger partial charge in [0.05, 0.1) is 0 Å². The van der Waals surface area contributed by atoms with Gasteiger partial charge in [-0.1, -0.05) is 6.92 Å². The number of carboxylic acid groups (broad SMARTS) is 1. The number of rotatable bonds is 5. The average Bonchev–Trinajstić information content (AvgIpc) is 3.10. The topological polar surface area (TPSA) is 53.4 Å². The lowest BCUT2D eigenvalue weighted by Gasteiger charge is -2.23. The molecule has 0 bridgehead atoms. The molecule has 1 fully saturated rings. The van der Waals surface area contributed by atoms with E-state index in [4.69, 9.17) is 5.11 Å². The molecule has 0 aliphatic heterocycles. The fourth-order valence-corrected chi connectivity index (χ4v) is 1.89. The largest absolute Gasteiger partial charge is 0.478 e. The highest BCUT2D eigenvalue weighted by Crippen LogP contribution is 2.32. The molecule has 92 valence electrons. The molecule has 1 aliphatic carbocycles. The molecule has 0 radical (unpaired) electrons. The molecule has 5 heteroatoms. The van der Waals surface area contributed by atoms with Crippen LogP contribution in [0.5, 0.6) is 0 Å². The van der Waals surface area contributed by atoms with Crippen molar-refractivity contribution < 1.29 is 14.3 Å². The first-order valence-electron chi connectivity index (χ1n) is 5.79. The van der Waals surface area contributed by atoms with Gasteiger partial charge in [-0.2, -0.15) is 0 Å². The van der Waals surface area contributed by atoms with Crippen LogP contribution in [0, 0.1) is 5.82 Å². The van der Waals surface area contributed by atoms with Crippen LogP contribution in [0.3, 0.4) is 0 Å². The Balaban J connectivity index is 2.35. The number of aromatic nitrogens is 1. The Kier molecular flexibility index (Phi) is 3.26. The number of hydrogen-bond donors (Lipinski definition) is 1. The first-order chi connectivity index (χ1) is 8.15. The zero-order valence-electron chi connectivity index (χ0n) is 9.69. The van der Waals surface area contributed by atoms with Gasteiger partial charge in [0.2, 0.25) is 0 Å². The van der Waals surface area contributed by atoms with Crippen LogP contribution in [-0.2, 0) is 0 Å². The van der Waals surface area contributed by atoms with Crippen molar-refractivity contribution in [1.82, 2.24) is 4.98 Å². The van der Waals surface area contributed by atoms with Crippen molar-refractivity contribution in [3.05, 3.63) is 23.6 Å². The molecule has 0 spiro atoms. The van der Waals surface area contributed by atoms with Gasteiger partial charge in [-0.15, -0.1) is 0 Å². The van der Waals surface area contributed by atoms with Gasteiger partial charge in [-0.3, -0.25) is 0 Å². The van der Waals surface area contributed by atoms with Crippen molar-refractivity contribution in [2.24, 2.45) is 0 Å². The summed E-state index contributed by atoms with van der Waals surface area (Å²) in [5.41, 5.74) is -0.309. The molecule has 17 heavy (non-hydrogen) atoms. The van der Waals surface area contributed by atoms with Crippen LogP contribution in [0.2, 0.25) is 0 Å². The smallest absolute Gasteiger partial charge is 0.338 e. The summed E-state index contributed by atoms with van der Waals surface area (Å²) < 4.78 is 14.0. The van der Waals surface area contributed by atoms with E-state index in [1.54, 1.807) is 0 Å². The number of anilines is 1. The van der Waals surface area contributed by atoms with E-state index < -0.39 is 11.8 Å². The highest BCUT2D eigenvalue weighted by atomic mass is 19.1. The van der Waals surface area contributed by atoms with Gasteiger partial charge in [0.25, 0.3) is 0 Å². The molecule has 1 saturated carbocycles. The Morgan fingerprint density at radius 3 is 2.88 bits per heavy atom. The molecule has 1 heterocycles. The normalized spacial score (nSPS) is 14.7. The van der Waals surface area contributed by atoms with E-state index in [-0.39, 0.29) is 11.4 Å². The van der Waals surface area contributed by atoms with Gasteiger partial charge >= 0.3 is 5.97 Å². The summed E-state index contributed by atoms with van der Waals surface area (Å²) in [7, 11) is 0. The maximum atomic E-state index is 14.0. The number of pyridine rings is 1. The van der Waals surface area contributed by atoms with Crippen molar-refractivity contribution in [3.8, 4) is 0 Å². The summed E-state index contributed by atoms with van der Waals surface area (Å²) in [4.78, 5) is 16.7. The third-order valence-corrected chi connectivity index (χ3v) is 2.83. The molecular weight excluding hydrogens is 223 g/mol. The van der Waals surface area contributed by atoms with Crippen LogP contribution < -0.4 is 4.90 Å². The second-order valence-electron chi connectivity index (χ2n) is 4.23. The summed E-state index contributed by atoms with van der Waals surface area (Å²) in [6.07, 6.45) is 4.29. The van der Waals surface area contributed by atoms with Gasteiger partial charge in [0.15, 0.2) is 11.6 Å². The summed E-state index contributed by atoms with van der Waals surface area (Å²) in [5, 5.41) is 8.87. The lowest BCUT2D eigenvalue weighted by molar-refractivity contribution is 0.0691. The Bertz CT molecular complexity index is 433. The van der Waals surface area contributed by atoms with Crippen LogP contribution in [-0.4, -0.2) is 28.6 Å². The second-order valence-corrected chi connectivity index (χ2v) is 4.23. The zero-order chi connectivity index (χ0) is 12.4. The highest BCUT2D eigenvalue weighted by molar-refractivity contribution is 5.88. The summed E-state index contributed by atoms with van der Waals surface area (Å²) in [6.45, 7) is 2.71. The predicted octanol–water partition coefficient (Wildman–Crippen LogP) is 2.30. The Hall–Kier alpha value is -1.65. The third kappa shape index (κ3) is 2.38. The van der Waals surface area contributed by atoms with Gasteiger partial charge in [-0.05, 0) is 25.3 Å². The van der Waals surface area contributed by atoms with Crippen LogP contribution in [0.1, 0.15) is 36.5 Å². The van der Waals surface area contributed by atoms with E-state index in [0.717, 1.165) is 19.3 Å². The number of aromatic carboxylic acids is 1. The van der Waals surface area contributed by atoms with Crippen molar-refractivity contribution in [2.45, 2.75) is 32.2 Å². The molecule has 4 nitrogen and oxygen atoms in total. The molecule has 1 aromatic rings. The summed E-state index contributed by atoms with van der Waals surface area (Å²) in [5.74, 6) is -1.80. The zero-order valence-corrected chi connectivity index (χ0v) is 9.69. The number of nitrogens with zero attached hydrogens (tertiary/aromatic N) is 2. The van der Waals surface area contributed by atoms with Gasteiger partial charge in [0, 0.05) is 18.8 Å². The van der Waals surface area contributed by atoms with Crippen LogP contribution in [0.25, 0.3) is 0 Å². The SMILES string of the molecule is CCCN(c1nccc(C(=O)O)c1F)C1CC1. The maximum absolute atomic E-state index is 14.0. The molecule has 1 N–H and O–H groups in total. The first kappa shape index (κ1) is 11.8. The number of halogens is 1. The Morgan fingerprint density at radius 2 is 2.35 bits per heavy atom. The van der Waals surface area contributed by atoms with E-state index in [0.29, 0.717) is 12.6 Å². The third-order valence-electron chi connectivity index (χ3n) is 2.83. The predicted molar refractivity (Wildman–Crippen MR) is 61.8 cm³/mol. The Labute approximate surface area is 99.1 Å². The second kappa shape index (κ2) is 4.69. The quantitative estimate of drug-likeness (QED) is 0.855. The molecule has 0 saturated heterocycles. The minimum atomic E-state index is -1.25. The molecule has 1 aromatic heterocycles. The van der Waals surface area contributed by atoms with E-state index in [2.05, 4.69) is 4.98 Å². The average molecular weight is 238 g/mol. The fourth-order valence-electron chi connectivity index (χ4n) is 1.89. The lowest BCUT2D eigenvalue weighted by Crippen LogP contribution is -2.29. The van der Waals surface area contributed by atoms with Crippen molar-refractivity contribution in [2.75, 3.05) is 11.4 Å². The Morgan fingerprint density at radius 1 is 1.65 bits per heavy atom. The minimum absolute atomic E-state index is 0.175. The monoisotopic (exact) mass is 238 g/mol. The van der Waals surface area contributed by atoms with Gasteiger partial charge < -0.3 is 10.0 Å². The summed E-state index contributed by atoms with van der Waals surface area (Å²) in [6, 6.07) is 1.51. The first-order valence-corrected chi connectivity index (χ1v) is 5.79. The van der Waals surface area contributed by atoms with E-state index in [1.807, 2.05) is 11.8 Å². The highest BCUT2D eigenvalue weighted by Gasteiger charge is 2.32. The minimum Gasteiger partial charge on any atom is -0.478 e. The van der Waals surface area contributed by atoms with Crippen LogP contribution in [0.4, 0.5) is 10.2 Å². The molecular formula is C12H15FN2O2. The molecule has 0 unspecified atom stereocenters. The van der Waals surface area contributed by atoms with Gasteiger partial charge in [-0.25, -0.2) is 14.2 Å². The lowest BCUT2D eigenvalue weighted by atomic mass is 10.2. The van der Waals surface area contributed by atoms with Crippen molar-refractivity contribution >= 4 is 11.8 Å².